The minimum atomic E-state index is 0.00970. The third-order valence-electron chi connectivity index (χ3n) is 8.74. The first-order valence-electron chi connectivity index (χ1n) is 14.8. The Bertz CT molecular complexity index is 1670. The molecule has 6 rings (SSSR count). The Morgan fingerprint density at radius 2 is 1.79 bits per heavy atom. The molecule has 7 nitrogen and oxygen atoms in total. The first-order valence-corrected chi connectivity index (χ1v) is 14.8. The van der Waals surface area contributed by atoms with E-state index in [4.69, 9.17) is 9.98 Å². The molecule has 4 aromatic rings. The zero-order chi connectivity index (χ0) is 29.3. The SMILES string of the molecule is CCN(CC)C(=O)c1ccc2c(c1)N=C(Cc1ccc(OF)cc1)[N+]2(C)CNc1c2c(nc3ccccc13)CCCC2. The van der Waals surface area contributed by atoms with Crippen molar-refractivity contribution < 1.29 is 14.3 Å². The molecule has 3 aromatic carbocycles. The van der Waals surface area contributed by atoms with Gasteiger partial charge >= 0.3 is 0 Å². The van der Waals surface area contributed by atoms with Crippen molar-refractivity contribution in [2.45, 2.75) is 46.0 Å². The van der Waals surface area contributed by atoms with Crippen LogP contribution in [0.3, 0.4) is 0 Å². The Morgan fingerprint density at radius 1 is 1.02 bits per heavy atom. The molecule has 1 aliphatic heterocycles. The summed E-state index contributed by atoms with van der Waals surface area (Å²) in [5.74, 6) is 1.12. The summed E-state index contributed by atoms with van der Waals surface area (Å²) >= 11 is 0. The summed E-state index contributed by atoms with van der Waals surface area (Å²) in [6.07, 6.45) is 4.89. The van der Waals surface area contributed by atoms with Crippen LogP contribution >= 0.6 is 0 Å². The molecule has 1 unspecified atom stereocenters. The minimum absolute atomic E-state index is 0.00970. The van der Waals surface area contributed by atoms with E-state index >= 15 is 0 Å². The van der Waals surface area contributed by atoms with Gasteiger partial charge in [-0.15, -0.1) is 0 Å². The Kier molecular flexibility index (Phi) is 7.64. The Balaban J connectivity index is 1.39. The minimum Gasteiger partial charge on any atom is -0.339 e. The van der Waals surface area contributed by atoms with Crippen molar-refractivity contribution in [3.05, 3.63) is 89.1 Å². The first-order chi connectivity index (χ1) is 20.4. The van der Waals surface area contributed by atoms with Crippen LogP contribution < -0.4 is 14.7 Å². The lowest BCUT2D eigenvalue weighted by Crippen LogP contribution is -2.52. The van der Waals surface area contributed by atoms with Gasteiger partial charge in [0.1, 0.15) is 5.69 Å². The van der Waals surface area contributed by atoms with Crippen molar-refractivity contribution in [2.24, 2.45) is 4.99 Å². The van der Waals surface area contributed by atoms with Crippen molar-refractivity contribution in [2.75, 3.05) is 32.1 Å². The summed E-state index contributed by atoms with van der Waals surface area (Å²) in [5, 5.41) is 4.98. The van der Waals surface area contributed by atoms with Gasteiger partial charge in [-0.25, -0.2) is 4.48 Å². The van der Waals surface area contributed by atoms with Gasteiger partial charge in [0.25, 0.3) is 5.91 Å². The van der Waals surface area contributed by atoms with E-state index in [9.17, 15) is 9.32 Å². The van der Waals surface area contributed by atoms with E-state index in [1.54, 1.807) is 12.1 Å². The number of aromatic nitrogens is 1. The lowest BCUT2D eigenvalue weighted by molar-refractivity contribution is -0.00621. The number of quaternary nitrogens is 1. The molecule has 0 radical (unpaired) electrons. The van der Waals surface area contributed by atoms with Crippen LogP contribution in [0.15, 0.2) is 71.7 Å². The molecule has 216 valence electrons. The fourth-order valence-corrected chi connectivity index (χ4v) is 6.29. The Labute approximate surface area is 246 Å². The number of hydrogen-bond acceptors (Lipinski definition) is 5. The third-order valence-corrected chi connectivity index (χ3v) is 8.74. The molecule has 42 heavy (non-hydrogen) atoms. The molecule has 2 heterocycles. The predicted molar refractivity (Wildman–Crippen MR) is 167 cm³/mol. The van der Waals surface area contributed by atoms with Crippen LogP contribution in [-0.4, -0.2) is 48.4 Å². The van der Waals surface area contributed by atoms with E-state index in [1.807, 2.05) is 55.1 Å². The summed E-state index contributed by atoms with van der Waals surface area (Å²) in [5.41, 5.74) is 8.14. The number of para-hydroxylation sites is 1. The van der Waals surface area contributed by atoms with Crippen LogP contribution in [-0.2, 0) is 19.3 Å². The number of amides is 1. The summed E-state index contributed by atoms with van der Waals surface area (Å²) in [6.45, 7) is 5.86. The van der Waals surface area contributed by atoms with Gasteiger partial charge in [0.15, 0.2) is 18.1 Å². The molecule has 0 bridgehead atoms. The number of nitrogens with zero attached hydrogens (tertiary/aromatic N) is 4. The zero-order valence-electron chi connectivity index (χ0n) is 24.5. The molecule has 1 aromatic heterocycles. The monoisotopic (exact) mass is 566 g/mol. The number of anilines is 1. The van der Waals surface area contributed by atoms with Gasteiger partial charge in [0, 0.05) is 40.3 Å². The van der Waals surface area contributed by atoms with Crippen LogP contribution in [0.2, 0.25) is 0 Å². The van der Waals surface area contributed by atoms with Crippen molar-refractivity contribution in [1.29, 1.82) is 0 Å². The highest BCUT2D eigenvalue weighted by molar-refractivity contribution is 6.05. The molecule has 1 atom stereocenters. The van der Waals surface area contributed by atoms with E-state index in [0.717, 1.165) is 65.0 Å². The van der Waals surface area contributed by atoms with Crippen molar-refractivity contribution in [1.82, 2.24) is 14.4 Å². The lowest BCUT2D eigenvalue weighted by Gasteiger charge is -2.32. The van der Waals surface area contributed by atoms with E-state index in [-0.39, 0.29) is 11.7 Å². The molecule has 1 amide bonds. The molecule has 0 saturated heterocycles. The second-order valence-electron chi connectivity index (χ2n) is 11.3. The number of benzene rings is 3. The quantitative estimate of drug-likeness (QED) is 0.219. The van der Waals surface area contributed by atoms with Gasteiger partial charge in [0.05, 0.1) is 24.7 Å². The maximum Gasteiger partial charge on any atom is 0.253 e. The number of carbonyl (C=O) groups is 1. The van der Waals surface area contributed by atoms with Crippen LogP contribution in [0, 0.1) is 0 Å². The molecule has 1 aliphatic carbocycles. The van der Waals surface area contributed by atoms with Crippen LogP contribution in [0.5, 0.6) is 5.75 Å². The smallest absolute Gasteiger partial charge is 0.253 e. The molecule has 1 N–H and O–H groups in total. The van der Waals surface area contributed by atoms with E-state index < -0.39 is 0 Å². The predicted octanol–water partition coefficient (Wildman–Crippen LogP) is 7.15. The standard InChI is InChI=1S/C34H37FN5O2/c1-4-39(5-2)34(41)24-16-19-31-30(21-24)38-32(20-23-14-17-25(42-35)18-15-23)40(31,3)22-36-33-26-10-6-8-12-28(26)37-29-13-9-7-11-27(29)33/h6,8,10,12,14-19,21H,4-5,7,9,11,13,20,22H2,1-3H3,(H,36,37)/q+1. The number of pyridine rings is 1. The number of aryl methyl sites for hydroxylation is 1. The van der Waals surface area contributed by atoms with Crippen LogP contribution in [0.4, 0.5) is 21.6 Å². The van der Waals surface area contributed by atoms with Crippen molar-refractivity contribution >= 4 is 39.7 Å². The molecular weight excluding hydrogens is 529 g/mol. The number of carbonyl (C=O) groups excluding carboxylic acids is 1. The normalized spacial score (nSPS) is 17.4. The van der Waals surface area contributed by atoms with Gasteiger partial charge < -0.3 is 10.2 Å². The van der Waals surface area contributed by atoms with E-state index in [1.165, 1.54) is 11.3 Å². The van der Waals surface area contributed by atoms with Gasteiger partial charge in [-0.1, -0.05) is 30.3 Å². The van der Waals surface area contributed by atoms with Gasteiger partial charge in [-0.05, 0) is 81.0 Å². The maximum atomic E-state index is 13.2. The highest BCUT2D eigenvalue weighted by Gasteiger charge is 2.40. The fraction of sp³-hybridized carbons (Fsp3) is 0.324. The second kappa shape index (κ2) is 11.5. The van der Waals surface area contributed by atoms with Gasteiger partial charge in [0.2, 0.25) is 5.84 Å². The number of nitrogens with one attached hydrogen (secondary N) is 1. The number of likely N-dealkylation sites (N-methyl/N-ethyl adjacent to an activating group) is 1. The molecular formula is C34H37FN5O2+. The zero-order valence-corrected chi connectivity index (χ0v) is 24.5. The van der Waals surface area contributed by atoms with E-state index in [0.29, 0.717) is 36.2 Å². The number of rotatable bonds is 9. The fourth-order valence-electron chi connectivity index (χ4n) is 6.29. The molecule has 0 spiro atoms. The number of fused-ring (bicyclic) bond motifs is 3. The topological polar surface area (TPSA) is 66.8 Å². The molecule has 0 fully saturated rings. The highest BCUT2D eigenvalue weighted by atomic mass is 19.3. The largest absolute Gasteiger partial charge is 0.339 e. The van der Waals surface area contributed by atoms with Crippen LogP contribution in [0.25, 0.3) is 10.9 Å². The summed E-state index contributed by atoms with van der Waals surface area (Å²) < 4.78 is 13.1. The molecule has 0 saturated carbocycles. The van der Waals surface area contributed by atoms with Crippen LogP contribution in [0.1, 0.15) is 53.9 Å². The number of halogens is 1. The van der Waals surface area contributed by atoms with Gasteiger partial charge in [-0.3, -0.25) is 14.7 Å². The number of amidine groups is 1. The average molecular weight is 567 g/mol. The lowest BCUT2D eigenvalue weighted by atomic mass is 9.92. The number of hydrogen-bond donors (Lipinski definition) is 1. The Hall–Kier alpha value is -4.30. The molecule has 2 aliphatic rings. The molecule has 8 heteroatoms. The summed E-state index contributed by atoms with van der Waals surface area (Å²) in [6, 6.07) is 21.2. The highest BCUT2D eigenvalue weighted by Crippen LogP contribution is 2.42. The second-order valence-corrected chi connectivity index (χ2v) is 11.3. The van der Waals surface area contributed by atoms with Crippen molar-refractivity contribution in [3.8, 4) is 5.75 Å². The van der Waals surface area contributed by atoms with Gasteiger partial charge in [-0.2, -0.15) is 4.99 Å². The average Bonchev–Trinajstić information content (AvgIpc) is 3.30. The Morgan fingerprint density at radius 3 is 2.55 bits per heavy atom. The summed E-state index contributed by atoms with van der Waals surface area (Å²) in [4.78, 5) is 29.0. The first kappa shape index (κ1) is 27.8. The summed E-state index contributed by atoms with van der Waals surface area (Å²) in [7, 11) is 2.17. The number of aliphatic imine (C=N–C) groups is 1. The third kappa shape index (κ3) is 5.00. The maximum absolute atomic E-state index is 13.2. The van der Waals surface area contributed by atoms with Crippen molar-refractivity contribution in [3.63, 3.8) is 0 Å². The van der Waals surface area contributed by atoms with E-state index in [2.05, 4.69) is 35.5 Å².